The zero-order valence-corrected chi connectivity index (χ0v) is 24.9. The minimum Gasteiger partial charge on any atom is -0.493 e. The third-order valence-corrected chi connectivity index (χ3v) is 8.14. The van der Waals surface area contributed by atoms with Crippen molar-refractivity contribution < 1.29 is 37.3 Å². The van der Waals surface area contributed by atoms with Gasteiger partial charge in [0.1, 0.15) is 27.7 Å². The van der Waals surface area contributed by atoms with E-state index in [9.17, 15) is 23.1 Å². The molecule has 224 valence electrons. The van der Waals surface area contributed by atoms with Crippen LogP contribution in [0.4, 0.5) is 0 Å². The zero-order valence-electron chi connectivity index (χ0n) is 24.1. The minimum atomic E-state index is -3.40. The number of fused-ring (bicyclic) bond motifs is 1. The van der Waals surface area contributed by atoms with Crippen LogP contribution in [0.25, 0.3) is 11.1 Å². The number of hydrogen-bond acceptors (Lipinski definition) is 7. The smallest absolute Gasteiger partial charge is 0.326 e. The Labute approximate surface area is 246 Å². The summed E-state index contributed by atoms with van der Waals surface area (Å²) < 4.78 is 41.0. The molecule has 9 nitrogen and oxygen atoms in total. The summed E-state index contributed by atoms with van der Waals surface area (Å²) in [5.74, 6) is -1.39. The molecule has 0 saturated heterocycles. The number of aryl methyl sites for hydroxylation is 1. The van der Waals surface area contributed by atoms with Crippen LogP contribution in [0.15, 0.2) is 60.7 Å². The molecule has 2 atom stereocenters. The summed E-state index contributed by atoms with van der Waals surface area (Å²) in [6.07, 6.45) is 1.34. The van der Waals surface area contributed by atoms with Gasteiger partial charge in [-0.1, -0.05) is 42.5 Å². The van der Waals surface area contributed by atoms with E-state index in [1.807, 2.05) is 56.3 Å². The van der Waals surface area contributed by atoms with Gasteiger partial charge in [-0.2, -0.15) is 0 Å². The lowest BCUT2D eigenvalue weighted by Crippen LogP contribution is -2.42. The summed E-state index contributed by atoms with van der Waals surface area (Å²) in [6, 6.07) is 17.6. The summed E-state index contributed by atoms with van der Waals surface area (Å²) in [5, 5.41) is 12.1. The van der Waals surface area contributed by atoms with Crippen molar-refractivity contribution in [2.24, 2.45) is 0 Å². The zero-order chi connectivity index (χ0) is 30.3. The van der Waals surface area contributed by atoms with E-state index in [0.29, 0.717) is 25.4 Å². The Hall–Kier alpha value is -3.73. The Bertz CT molecular complexity index is 1540. The maximum atomic E-state index is 13.4. The van der Waals surface area contributed by atoms with Crippen molar-refractivity contribution in [3.63, 3.8) is 0 Å². The predicted octanol–water partition coefficient (Wildman–Crippen LogP) is 4.51. The van der Waals surface area contributed by atoms with Crippen LogP contribution in [0, 0.1) is 6.92 Å². The standard InChI is InChI=1S/C32H37NO8S/c1-4-39-20-30(24-11-10-23-13-15-40-29(23)18-24)41-19-22-9-12-26(27(17-22)25-8-6-5-7-21(25)2)31(34)33-28(32(35)36)14-16-42(3,37)38/h5-12,17-18,28,30H,4,13-16,19-20H2,1-3H3,(H,33,34)(H,35,36). The first-order valence-electron chi connectivity index (χ1n) is 13.9. The second kappa shape index (κ2) is 14.0. The Morgan fingerprint density at radius 3 is 2.57 bits per heavy atom. The number of carbonyl (C=O) groups excluding carboxylic acids is 1. The molecule has 1 heterocycles. The van der Waals surface area contributed by atoms with E-state index in [-0.39, 0.29) is 30.4 Å². The summed E-state index contributed by atoms with van der Waals surface area (Å²) >= 11 is 0. The molecule has 0 saturated carbocycles. The van der Waals surface area contributed by atoms with E-state index in [0.717, 1.165) is 40.7 Å². The number of benzene rings is 3. The normalized spacial score (nSPS) is 14.1. The highest BCUT2D eigenvalue weighted by atomic mass is 32.2. The highest BCUT2D eigenvalue weighted by Crippen LogP contribution is 2.32. The van der Waals surface area contributed by atoms with Gasteiger partial charge in [0.25, 0.3) is 5.91 Å². The molecule has 2 unspecified atom stereocenters. The number of rotatable bonds is 14. The first-order valence-corrected chi connectivity index (χ1v) is 16.0. The molecule has 0 aromatic heterocycles. The lowest BCUT2D eigenvalue weighted by atomic mass is 9.93. The summed E-state index contributed by atoms with van der Waals surface area (Å²) in [4.78, 5) is 25.2. The van der Waals surface area contributed by atoms with Gasteiger partial charge in [0.15, 0.2) is 0 Å². The van der Waals surface area contributed by atoms with Crippen molar-refractivity contribution in [3.05, 3.63) is 88.5 Å². The van der Waals surface area contributed by atoms with Gasteiger partial charge in [-0.25, -0.2) is 13.2 Å². The summed E-state index contributed by atoms with van der Waals surface area (Å²) in [7, 11) is -3.40. The van der Waals surface area contributed by atoms with Crippen molar-refractivity contribution in [2.45, 2.75) is 45.4 Å². The van der Waals surface area contributed by atoms with Crippen molar-refractivity contribution in [3.8, 4) is 16.9 Å². The van der Waals surface area contributed by atoms with Crippen molar-refractivity contribution in [1.82, 2.24) is 5.32 Å². The molecule has 42 heavy (non-hydrogen) atoms. The minimum absolute atomic E-state index is 0.236. The van der Waals surface area contributed by atoms with Gasteiger partial charge in [0.2, 0.25) is 0 Å². The van der Waals surface area contributed by atoms with E-state index in [1.54, 1.807) is 12.1 Å². The van der Waals surface area contributed by atoms with E-state index >= 15 is 0 Å². The number of carboxylic acid groups (broad SMARTS) is 1. The Morgan fingerprint density at radius 1 is 1.07 bits per heavy atom. The topological polar surface area (TPSA) is 128 Å². The third-order valence-electron chi connectivity index (χ3n) is 7.16. The second-order valence-corrected chi connectivity index (χ2v) is 12.7. The number of sulfone groups is 1. The van der Waals surface area contributed by atoms with Crippen LogP contribution in [-0.2, 0) is 37.1 Å². The SMILES string of the molecule is CCOCC(OCc1ccc(C(=O)NC(CCS(C)(=O)=O)C(=O)O)c(-c2ccccc2C)c1)c1ccc2c(c1)OCC2. The van der Waals surface area contributed by atoms with E-state index < -0.39 is 27.8 Å². The van der Waals surface area contributed by atoms with Gasteiger partial charge >= 0.3 is 5.97 Å². The molecule has 3 aromatic carbocycles. The van der Waals surface area contributed by atoms with Gasteiger partial charge in [-0.15, -0.1) is 0 Å². The maximum Gasteiger partial charge on any atom is 0.326 e. The Balaban J connectivity index is 1.60. The maximum absolute atomic E-state index is 13.4. The molecule has 0 bridgehead atoms. The molecule has 1 aliphatic heterocycles. The van der Waals surface area contributed by atoms with Crippen LogP contribution in [-0.4, -0.2) is 63.3 Å². The highest BCUT2D eigenvalue weighted by molar-refractivity contribution is 7.90. The van der Waals surface area contributed by atoms with Crippen molar-refractivity contribution >= 4 is 21.7 Å². The van der Waals surface area contributed by atoms with Crippen LogP contribution < -0.4 is 10.1 Å². The lowest BCUT2D eigenvalue weighted by molar-refractivity contribution is -0.139. The van der Waals surface area contributed by atoms with Gasteiger partial charge in [-0.3, -0.25) is 4.79 Å². The Kier molecular flexibility index (Phi) is 10.4. The molecule has 0 spiro atoms. The molecule has 3 aromatic rings. The number of aliphatic carboxylic acids is 1. The molecule has 1 aliphatic rings. The molecule has 0 radical (unpaired) electrons. The molecule has 10 heteroatoms. The van der Waals surface area contributed by atoms with E-state index in [4.69, 9.17) is 14.2 Å². The second-order valence-electron chi connectivity index (χ2n) is 10.4. The molecule has 0 fully saturated rings. The van der Waals surface area contributed by atoms with Gasteiger partial charge in [0, 0.05) is 24.8 Å². The molecule has 2 N–H and O–H groups in total. The van der Waals surface area contributed by atoms with Crippen LogP contribution in [0.3, 0.4) is 0 Å². The number of nitrogens with one attached hydrogen (secondary N) is 1. The van der Waals surface area contributed by atoms with Crippen LogP contribution in [0.5, 0.6) is 5.75 Å². The van der Waals surface area contributed by atoms with Gasteiger partial charge in [0.05, 0.1) is 25.6 Å². The number of hydrogen-bond donors (Lipinski definition) is 2. The fourth-order valence-electron chi connectivity index (χ4n) is 4.85. The number of carboxylic acids is 1. The van der Waals surface area contributed by atoms with Crippen molar-refractivity contribution in [1.29, 1.82) is 0 Å². The predicted molar refractivity (Wildman–Crippen MR) is 159 cm³/mol. The van der Waals surface area contributed by atoms with Crippen LogP contribution in [0.2, 0.25) is 0 Å². The number of amides is 1. The highest BCUT2D eigenvalue weighted by Gasteiger charge is 2.25. The molecule has 1 amide bonds. The molecule has 0 aliphatic carbocycles. The van der Waals surface area contributed by atoms with E-state index in [1.165, 1.54) is 5.56 Å². The summed E-state index contributed by atoms with van der Waals surface area (Å²) in [6.45, 7) is 5.68. The van der Waals surface area contributed by atoms with Crippen LogP contribution >= 0.6 is 0 Å². The average Bonchev–Trinajstić information content (AvgIpc) is 3.43. The first kappa shape index (κ1) is 31.2. The monoisotopic (exact) mass is 595 g/mol. The molecule has 4 rings (SSSR count). The fraction of sp³-hybridized carbons (Fsp3) is 0.375. The van der Waals surface area contributed by atoms with Gasteiger partial charge < -0.3 is 24.6 Å². The molecular weight excluding hydrogens is 558 g/mol. The third kappa shape index (κ3) is 8.18. The fourth-order valence-corrected chi connectivity index (χ4v) is 5.51. The Morgan fingerprint density at radius 2 is 1.86 bits per heavy atom. The number of carbonyl (C=O) groups is 2. The van der Waals surface area contributed by atoms with Crippen molar-refractivity contribution in [2.75, 3.05) is 31.8 Å². The average molecular weight is 596 g/mol. The van der Waals surface area contributed by atoms with Gasteiger partial charge in [-0.05, 0) is 71.8 Å². The summed E-state index contributed by atoms with van der Waals surface area (Å²) in [5.41, 5.74) is 5.58. The van der Waals surface area contributed by atoms with E-state index in [2.05, 4.69) is 11.4 Å². The quantitative estimate of drug-likeness (QED) is 0.279. The number of ether oxygens (including phenoxy) is 3. The van der Waals surface area contributed by atoms with Crippen LogP contribution in [0.1, 0.15) is 52.1 Å². The largest absolute Gasteiger partial charge is 0.493 e. The molecular formula is C32H37NO8S. The lowest BCUT2D eigenvalue weighted by Gasteiger charge is -2.20. The first-order chi connectivity index (χ1) is 20.1.